The second kappa shape index (κ2) is 4.61. The van der Waals surface area contributed by atoms with E-state index < -0.39 is 41.7 Å². The summed E-state index contributed by atoms with van der Waals surface area (Å²) in [7, 11) is 0. The molecule has 0 aliphatic rings. The van der Waals surface area contributed by atoms with Crippen LogP contribution >= 0.6 is 0 Å². The van der Waals surface area contributed by atoms with Gasteiger partial charge in [0.25, 0.3) is 6.43 Å². The van der Waals surface area contributed by atoms with E-state index in [-0.39, 0.29) is 6.20 Å². The van der Waals surface area contributed by atoms with Gasteiger partial charge in [0.2, 0.25) is 0 Å². The van der Waals surface area contributed by atoms with Gasteiger partial charge in [-0.2, -0.15) is 18.4 Å². The third-order valence-corrected chi connectivity index (χ3v) is 1.90. The van der Waals surface area contributed by atoms with Gasteiger partial charge >= 0.3 is 6.18 Å². The van der Waals surface area contributed by atoms with Crippen molar-refractivity contribution < 1.29 is 26.3 Å². The SMILES string of the molecule is N#CCc1ncc(F)c(C(F)(F)F)c1C(F)F. The van der Waals surface area contributed by atoms with Crippen LogP contribution in [0, 0.1) is 17.1 Å². The van der Waals surface area contributed by atoms with Crippen LogP contribution in [0.25, 0.3) is 0 Å². The summed E-state index contributed by atoms with van der Waals surface area (Å²) < 4.78 is 75.2. The molecule has 0 aliphatic heterocycles. The average molecular weight is 254 g/mol. The molecule has 0 saturated heterocycles. The van der Waals surface area contributed by atoms with E-state index in [4.69, 9.17) is 5.26 Å². The standard InChI is InChI=1S/C9H4F6N2/c10-4-3-17-5(1-2-16)6(8(11)12)7(4)9(13,14)15/h3,8H,1H2. The van der Waals surface area contributed by atoms with Crippen molar-refractivity contribution in [1.82, 2.24) is 4.98 Å². The molecule has 0 fully saturated rings. The van der Waals surface area contributed by atoms with E-state index in [1.54, 1.807) is 0 Å². The Morgan fingerprint density at radius 3 is 2.35 bits per heavy atom. The van der Waals surface area contributed by atoms with Crippen LogP contribution in [0.15, 0.2) is 6.20 Å². The highest BCUT2D eigenvalue weighted by molar-refractivity contribution is 5.35. The molecule has 0 saturated carbocycles. The zero-order valence-electron chi connectivity index (χ0n) is 8.02. The van der Waals surface area contributed by atoms with Crippen molar-refractivity contribution in [1.29, 1.82) is 5.26 Å². The van der Waals surface area contributed by atoms with Crippen LogP contribution in [0.4, 0.5) is 26.3 Å². The first-order valence-electron chi connectivity index (χ1n) is 4.18. The fraction of sp³-hybridized carbons (Fsp3) is 0.333. The number of hydrogen-bond acceptors (Lipinski definition) is 2. The molecule has 0 spiro atoms. The second-order valence-electron chi connectivity index (χ2n) is 2.97. The van der Waals surface area contributed by atoms with E-state index in [0.717, 1.165) is 0 Å². The minimum Gasteiger partial charge on any atom is -0.257 e. The Morgan fingerprint density at radius 2 is 1.94 bits per heavy atom. The minimum atomic E-state index is -5.26. The van der Waals surface area contributed by atoms with Crippen LogP contribution in [0.5, 0.6) is 0 Å². The quantitative estimate of drug-likeness (QED) is 0.759. The van der Waals surface area contributed by atoms with Gasteiger partial charge in [-0.05, 0) is 0 Å². The summed E-state index contributed by atoms with van der Waals surface area (Å²) >= 11 is 0. The van der Waals surface area contributed by atoms with E-state index in [1.807, 2.05) is 0 Å². The van der Waals surface area contributed by atoms with Crippen molar-refractivity contribution in [3.05, 3.63) is 28.8 Å². The molecule has 1 rings (SSSR count). The molecule has 0 bridgehead atoms. The molecule has 0 N–H and O–H groups in total. The zero-order chi connectivity index (χ0) is 13.2. The highest BCUT2D eigenvalue weighted by atomic mass is 19.4. The Balaban J connectivity index is 3.56. The van der Waals surface area contributed by atoms with Crippen LogP contribution in [0.1, 0.15) is 23.2 Å². The maximum atomic E-state index is 12.9. The van der Waals surface area contributed by atoms with E-state index in [9.17, 15) is 26.3 Å². The summed E-state index contributed by atoms with van der Waals surface area (Å²) in [5.74, 6) is -1.88. The predicted octanol–water partition coefficient (Wildman–Crippen LogP) is 3.24. The first kappa shape index (κ1) is 13.3. The molecule has 17 heavy (non-hydrogen) atoms. The Labute approximate surface area is 91.5 Å². The van der Waals surface area contributed by atoms with Crippen LogP contribution in [-0.4, -0.2) is 4.98 Å². The number of nitrogens with zero attached hydrogens (tertiary/aromatic N) is 2. The number of alkyl halides is 5. The van der Waals surface area contributed by atoms with Gasteiger partial charge in [-0.15, -0.1) is 0 Å². The molecule has 0 amide bonds. The third-order valence-electron chi connectivity index (χ3n) is 1.90. The average Bonchev–Trinajstić information content (AvgIpc) is 2.18. The van der Waals surface area contributed by atoms with Crippen molar-refractivity contribution in [2.75, 3.05) is 0 Å². The Morgan fingerprint density at radius 1 is 1.35 bits per heavy atom. The number of aromatic nitrogens is 1. The number of hydrogen-bond donors (Lipinski definition) is 0. The molecule has 0 aromatic carbocycles. The Hall–Kier alpha value is -1.78. The maximum Gasteiger partial charge on any atom is 0.419 e. The molecule has 1 aromatic rings. The number of nitriles is 1. The summed E-state index contributed by atoms with van der Waals surface area (Å²) in [5.41, 5.74) is -4.40. The van der Waals surface area contributed by atoms with Crippen molar-refractivity contribution in [2.45, 2.75) is 19.0 Å². The zero-order valence-corrected chi connectivity index (χ0v) is 8.02. The summed E-state index contributed by atoms with van der Waals surface area (Å²) in [6, 6.07) is 1.39. The Bertz CT molecular complexity index is 460. The molecule has 0 radical (unpaired) electrons. The molecular formula is C9H4F6N2. The fourth-order valence-electron chi connectivity index (χ4n) is 1.28. The molecule has 8 heteroatoms. The van der Waals surface area contributed by atoms with Gasteiger partial charge in [-0.1, -0.05) is 0 Å². The minimum absolute atomic E-state index is 0.182. The van der Waals surface area contributed by atoms with Crippen LogP contribution < -0.4 is 0 Å². The molecular weight excluding hydrogens is 250 g/mol. The summed E-state index contributed by atoms with van der Waals surface area (Å²) in [4.78, 5) is 3.09. The molecule has 2 nitrogen and oxygen atoms in total. The summed E-state index contributed by atoms with van der Waals surface area (Å²) in [6.45, 7) is 0. The summed E-state index contributed by atoms with van der Waals surface area (Å²) in [5, 5.41) is 8.28. The van der Waals surface area contributed by atoms with E-state index in [0.29, 0.717) is 0 Å². The normalized spacial score (nSPS) is 11.6. The van der Waals surface area contributed by atoms with Gasteiger partial charge in [-0.3, -0.25) is 4.98 Å². The van der Waals surface area contributed by atoms with Crippen LogP contribution in [0.3, 0.4) is 0 Å². The monoisotopic (exact) mass is 254 g/mol. The highest BCUT2D eigenvalue weighted by Crippen LogP contribution is 2.39. The Kier molecular flexibility index (Phi) is 3.60. The second-order valence-corrected chi connectivity index (χ2v) is 2.97. The van der Waals surface area contributed by atoms with Crippen molar-refractivity contribution >= 4 is 0 Å². The number of pyridine rings is 1. The van der Waals surface area contributed by atoms with E-state index in [2.05, 4.69) is 4.98 Å². The topological polar surface area (TPSA) is 36.7 Å². The van der Waals surface area contributed by atoms with E-state index >= 15 is 0 Å². The maximum absolute atomic E-state index is 12.9. The van der Waals surface area contributed by atoms with Crippen molar-refractivity contribution in [3.63, 3.8) is 0 Å². The van der Waals surface area contributed by atoms with Gasteiger partial charge in [0.05, 0.1) is 29.9 Å². The van der Waals surface area contributed by atoms with Crippen LogP contribution in [0.2, 0.25) is 0 Å². The fourth-order valence-corrected chi connectivity index (χ4v) is 1.28. The van der Waals surface area contributed by atoms with Gasteiger partial charge in [0.1, 0.15) is 5.56 Å². The smallest absolute Gasteiger partial charge is 0.257 e. The van der Waals surface area contributed by atoms with Gasteiger partial charge in [-0.25, -0.2) is 13.2 Å². The van der Waals surface area contributed by atoms with Gasteiger partial charge in [0.15, 0.2) is 5.82 Å². The first-order chi connectivity index (χ1) is 7.79. The molecule has 0 atom stereocenters. The molecule has 0 aliphatic carbocycles. The lowest BCUT2D eigenvalue weighted by molar-refractivity contribution is -0.142. The summed E-state index contributed by atoms with van der Waals surface area (Å²) in [6.07, 6.45) is -9.38. The lowest BCUT2D eigenvalue weighted by Crippen LogP contribution is -2.16. The van der Waals surface area contributed by atoms with Gasteiger partial charge in [0, 0.05) is 0 Å². The first-order valence-corrected chi connectivity index (χ1v) is 4.18. The largest absolute Gasteiger partial charge is 0.419 e. The lowest BCUT2D eigenvalue weighted by atomic mass is 10.0. The number of rotatable bonds is 2. The predicted molar refractivity (Wildman–Crippen MR) is 43.5 cm³/mol. The van der Waals surface area contributed by atoms with E-state index in [1.165, 1.54) is 6.07 Å². The van der Waals surface area contributed by atoms with Crippen LogP contribution in [-0.2, 0) is 12.6 Å². The molecule has 92 valence electrons. The van der Waals surface area contributed by atoms with Crippen molar-refractivity contribution in [3.8, 4) is 6.07 Å². The molecule has 0 unspecified atom stereocenters. The molecule has 1 aromatic heterocycles. The molecule has 1 heterocycles. The highest BCUT2D eigenvalue weighted by Gasteiger charge is 2.40. The van der Waals surface area contributed by atoms with Gasteiger partial charge < -0.3 is 0 Å². The lowest BCUT2D eigenvalue weighted by Gasteiger charge is -2.15. The third kappa shape index (κ3) is 2.67. The number of halogens is 6. The van der Waals surface area contributed by atoms with Crippen molar-refractivity contribution in [2.24, 2.45) is 0 Å².